The Labute approximate surface area is 181 Å². The van der Waals surface area contributed by atoms with Crippen molar-refractivity contribution in [1.82, 2.24) is 14.8 Å². The van der Waals surface area contributed by atoms with Crippen LogP contribution in [0.25, 0.3) is 10.2 Å². The molecule has 0 saturated carbocycles. The minimum atomic E-state index is -4.44. The van der Waals surface area contributed by atoms with Crippen LogP contribution in [-0.4, -0.2) is 40.2 Å². The molecule has 0 bridgehead atoms. The Morgan fingerprint density at radius 2 is 2.00 bits per heavy atom. The van der Waals surface area contributed by atoms with Gasteiger partial charge < -0.3 is 9.80 Å². The number of rotatable bonds is 5. The number of carbonyl (C=O) groups is 2. The second-order valence-corrected chi connectivity index (χ2v) is 8.76. The molecule has 2 aromatic carbocycles. The van der Waals surface area contributed by atoms with E-state index in [2.05, 4.69) is 4.98 Å². The molecule has 4 rings (SSSR count). The molecule has 0 radical (unpaired) electrons. The van der Waals surface area contributed by atoms with Gasteiger partial charge in [-0.2, -0.15) is 13.2 Å². The number of hydrogen-bond acceptors (Lipinski definition) is 4. The fraction of sp³-hybridized carbons (Fsp3) is 0.318. The molecule has 0 N–H and O–H groups in total. The fourth-order valence-corrected chi connectivity index (χ4v) is 4.76. The van der Waals surface area contributed by atoms with Crippen molar-refractivity contribution in [3.8, 4) is 0 Å². The van der Waals surface area contributed by atoms with Crippen molar-refractivity contribution >= 4 is 33.4 Å². The normalized spacial score (nSPS) is 16.8. The van der Waals surface area contributed by atoms with Crippen molar-refractivity contribution in [2.45, 2.75) is 25.7 Å². The summed E-state index contributed by atoms with van der Waals surface area (Å²) in [6.45, 7) is 0.586. The van der Waals surface area contributed by atoms with E-state index >= 15 is 0 Å². The van der Waals surface area contributed by atoms with Crippen LogP contribution < -0.4 is 0 Å². The highest BCUT2D eigenvalue weighted by Crippen LogP contribution is 2.30. The Kier molecular flexibility index (Phi) is 5.70. The van der Waals surface area contributed by atoms with Crippen molar-refractivity contribution in [2.24, 2.45) is 5.92 Å². The molecule has 1 saturated heterocycles. The number of halogens is 3. The molecule has 2 heterocycles. The fourth-order valence-electron chi connectivity index (χ4n) is 3.74. The lowest BCUT2D eigenvalue weighted by atomic mass is 10.1. The maximum absolute atomic E-state index is 12.9. The van der Waals surface area contributed by atoms with Crippen molar-refractivity contribution in [1.29, 1.82) is 0 Å². The van der Waals surface area contributed by atoms with Crippen molar-refractivity contribution in [3.63, 3.8) is 0 Å². The topological polar surface area (TPSA) is 53.5 Å². The number of para-hydroxylation sites is 1. The Morgan fingerprint density at radius 3 is 2.74 bits per heavy atom. The Bertz CT molecular complexity index is 1100. The van der Waals surface area contributed by atoms with E-state index < -0.39 is 17.7 Å². The van der Waals surface area contributed by atoms with Gasteiger partial charge in [0.15, 0.2) is 0 Å². The third-order valence-electron chi connectivity index (χ3n) is 5.28. The Balaban J connectivity index is 1.39. The van der Waals surface area contributed by atoms with Crippen molar-refractivity contribution < 1.29 is 22.8 Å². The summed E-state index contributed by atoms with van der Waals surface area (Å²) in [5, 5.41) is 0.808. The van der Waals surface area contributed by atoms with Crippen LogP contribution in [0.5, 0.6) is 0 Å². The van der Waals surface area contributed by atoms with E-state index in [-0.39, 0.29) is 31.3 Å². The lowest BCUT2D eigenvalue weighted by molar-refractivity contribution is -0.137. The van der Waals surface area contributed by atoms with Gasteiger partial charge in [0.25, 0.3) is 0 Å². The average molecular weight is 447 g/mol. The maximum atomic E-state index is 12.9. The van der Waals surface area contributed by atoms with E-state index in [1.165, 1.54) is 22.3 Å². The van der Waals surface area contributed by atoms with E-state index in [0.717, 1.165) is 27.4 Å². The number of carbonyl (C=O) groups excluding carboxylic acids is 2. The van der Waals surface area contributed by atoms with Crippen LogP contribution in [0.1, 0.15) is 22.6 Å². The van der Waals surface area contributed by atoms with Crippen LogP contribution in [0, 0.1) is 5.92 Å². The quantitative estimate of drug-likeness (QED) is 0.585. The smallest absolute Gasteiger partial charge is 0.339 e. The predicted octanol–water partition coefficient (Wildman–Crippen LogP) is 4.32. The first-order valence-electron chi connectivity index (χ1n) is 9.74. The summed E-state index contributed by atoms with van der Waals surface area (Å²) >= 11 is 1.52. The van der Waals surface area contributed by atoms with Gasteiger partial charge in [-0.15, -0.1) is 11.3 Å². The molecule has 1 fully saturated rings. The van der Waals surface area contributed by atoms with Gasteiger partial charge in [-0.25, -0.2) is 4.98 Å². The number of nitrogens with zero attached hydrogens (tertiary/aromatic N) is 3. The largest absolute Gasteiger partial charge is 0.416 e. The number of thiazole rings is 1. The molecule has 1 atom stereocenters. The zero-order chi connectivity index (χ0) is 22.2. The van der Waals surface area contributed by atoms with Crippen LogP contribution in [0.4, 0.5) is 13.2 Å². The minimum absolute atomic E-state index is 0.0497. The summed E-state index contributed by atoms with van der Waals surface area (Å²) < 4.78 is 39.8. The molecule has 1 aliphatic heterocycles. The summed E-state index contributed by atoms with van der Waals surface area (Å²) in [6, 6.07) is 12.6. The molecule has 162 valence electrons. The van der Waals surface area contributed by atoms with Gasteiger partial charge in [0.2, 0.25) is 11.8 Å². The monoisotopic (exact) mass is 447 g/mol. The minimum Gasteiger partial charge on any atom is -0.339 e. The molecule has 5 nitrogen and oxygen atoms in total. The van der Waals surface area contributed by atoms with Gasteiger partial charge in [0.05, 0.1) is 28.2 Å². The molecule has 0 aliphatic carbocycles. The third-order valence-corrected chi connectivity index (χ3v) is 6.30. The van der Waals surface area contributed by atoms with Gasteiger partial charge >= 0.3 is 6.18 Å². The molecule has 1 aromatic heterocycles. The van der Waals surface area contributed by atoms with Crippen LogP contribution in [0.3, 0.4) is 0 Å². The molecular formula is C22H20F3N3O2S. The standard InChI is InChI=1S/C22H20F3N3O2S/c1-27(13-19-26-17-7-2-3-8-18(17)31-19)21(30)15-10-20(29)28(12-15)11-14-5-4-6-16(9-14)22(23,24)25/h2-9,15H,10-13H2,1H3. The zero-order valence-corrected chi connectivity index (χ0v) is 17.5. The van der Waals surface area contributed by atoms with E-state index in [9.17, 15) is 22.8 Å². The summed E-state index contributed by atoms with van der Waals surface area (Å²) in [4.78, 5) is 32.8. The summed E-state index contributed by atoms with van der Waals surface area (Å²) in [6.07, 6.45) is -4.38. The molecule has 2 amide bonds. The predicted molar refractivity (Wildman–Crippen MR) is 111 cm³/mol. The lowest BCUT2D eigenvalue weighted by Crippen LogP contribution is -2.34. The van der Waals surface area contributed by atoms with Gasteiger partial charge in [-0.05, 0) is 29.8 Å². The molecule has 1 unspecified atom stereocenters. The van der Waals surface area contributed by atoms with Crippen LogP contribution in [-0.2, 0) is 28.9 Å². The second kappa shape index (κ2) is 8.30. The molecule has 0 spiro atoms. The SMILES string of the molecule is CN(Cc1nc2ccccc2s1)C(=O)C1CC(=O)N(Cc2cccc(C(F)(F)F)c2)C1. The third kappa shape index (κ3) is 4.71. The summed E-state index contributed by atoms with van der Waals surface area (Å²) in [5.74, 6) is -0.916. The number of aromatic nitrogens is 1. The Hall–Kier alpha value is -2.94. The second-order valence-electron chi connectivity index (χ2n) is 7.64. The number of amides is 2. The first-order valence-corrected chi connectivity index (χ1v) is 10.6. The summed E-state index contributed by atoms with van der Waals surface area (Å²) in [5.41, 5.74) is 0.519. The molecule has 9 heteroatoms. The molecule has 1 aliphatic rings. The van der Waals surface area contributed by atoms with Crippen LogP contribution in [0.15, 0.2) is 48.5 Å². The average Bonchev–Trinajstić information content (AvgIpc) is 3.29. The number of hydrogen-bond donors (Lipinski definition) is 0. The van der Waals surface area contributed by atoms with Gasteiger partial charge in [-0.3, -0.25) is 9.59 Å². The van der Waals surface area contributed by atoms with E-state index in [1.807, 2.05) is 24.3 Å². The number of likely N-dealkylation sites (tertiary alicyclic amines) is 1. The van der Waals surface area contributed by atoms with E-state index in [1.54, 1.807) is 18.0 Å². The van der Waals surface area contributed by atoms with E-state index in [0.29, 0.717) is 12.1 Å². The van der Waals surface area contributed by atoms with Gasteiger partial charge in [0, 0.05) is 26.6 Å². The maximum Gasteiger partial charge on any atom is 0.416 e. The zero-order valence-electron chi connectivity index (χ0n) is 16.7. The highest BCUT2D eigenvalue weighted by atomic mass is 32.1. The number of fused-ring (bicyclic) bond motifs is 1. The van der Waals surface area contributed by atoms with Crippen molar-refractivity contribution in [3.05, 3.63) is 64.7 Å². The number of alkyl halides is 3. The molecular weight excluding hydrogens is 427 g/mol. The highest BCUT2D eigenvalue weighted by molar-refractivity contribution is 7.18. The molecule has 31 heavy (non-hydrogen) atoms. The Morgan fingerprint density at radius 1 is 1.23 bits per heavy atom. The summed E-state index contributed by atoms with van der Waals surface area (Å²) in [7, 11) is 1.67. The van der Waals surface area contributed by atoms with E-state index in [4.69, 9.17) is 0 Å². The van der Waals surface area contributed by atoms with Gasteiger partial charge in [-0.1, -0.05) is 24.3 Å². The van der Waals surface area contributed by atoms with Gasteiger partial charge in [0.1, 0.15) is 5.01 Å². The van der Waals surface area contributed by atoms with Crippen LogP contribution >= 0.6 is 11.3 Å². The number of benzene rings is 2. The highest BCUT2D eigenvalue weighted by Gasteiger charge is 2.36. The molecule has 3 aromatic rings. The van der Waals surface area contributed by atoms with Crippen molar-refractivity contribution in [2.75, 3.05) is 13.6 Å². The first kappa shape index (κ1) is 21.3. The lowest BCUT2D eigenvalue weighted by Gasteiger charge is -2.21. The first-order chi connectivity index (χ1) is 14.7. The van der Waals surface area contributed by atoms with Crippen LogP contribution in [0.2, 0.25) is 0 Å².